The number of carbonyl (C=O) groups excluding carboxylic acids is 2. The van der Waals surface area contributed by atoms with E-state index in [4.69, 9.17) is 5.73 Å². The molecule has 1 amide bonds. The number of fused-ring (bicyclic) bond motifs is 1. The number of rotatable bonds is 9. The number of carbonyl (C=O) groups is 2. The molecule has 1 atom stereocenters. The summed E-state index contributed by atoms with van der Waals surface area (Å²) in [5, 5.41) is 0.944. The number of Topliss-reactive ketones (excluding diaryl/α,β-unsaturated/α-hetero) is 1. The van der Waals surface area contributed by atoms with Crippen LogP contribution in [0.15, 0.2) is 60.6 Å². The van der Waals surface area contributed by atoms with Crippen LogP contribution in [0.3, 0.4) is 0 Å². The molecule has 220 valence electrons. The van der Waals surface area contributed by atoms with E-state index >= 15 is 0 Å². The van der Waals surface area contributed by atoms with E-state index in [0.29, 0.717) is 11.3 Å². The van der Waals surface area contributed by atoms with E-state index in [1.54, 1.807) is 6.92 Å². The van der Waals surface area contributed by atoms with Gasteiger partial charge in [-0.2, -0.15) is 0 Å². The largest absolute Gasteiger partial charge is 0.401 e. The minimum absolute atomic E-state index is 0.0237. The molecule has 1 aliphatic heterocycles. The number of amides is 1. The van der Waals surface area contributed by atoms with Crippen molar-refractivity contribution in [1.82, 2.24) is 24.7 Å². The summed E-state index contributed by atoms with van der Waals surface area (Å²) in [4.78, 5) is 39.7. The number of pyridine rings is 1. The third kappa shape index (κ3) is 7.93. The fourth-order valence-corrected chi connectivity index (χ4v) is 4.88. The van der Waals surface area contributed by atoms with Crippen LogP contribution in [0.5, 0.6) is 0 Å². The SMILES string of the molecule is CC.CC(=O)c1ccccc1-c1c[nH]c2ncc(/C(C)=C/C=C(/N)C(C)C(=O)N3CCN(CCN(C)C)CC3)cc12. The van der Waals surface area contributed by atoms with E-state index in [-0.39, 0.29) is 17.6 Å². The number of aromatic amines is 1. The number of piperazine rings is 1. The highest BCUT2D eigenvalue weighted by molar-refractivity contribution is 6.05. The number of nitrogens with two attached hydrogens (primary N) is 1. The van der Waals surface area contributed by atoms with Gasteiger partial charge >= 0.3 is 0 Å². The summed E-state index contributed by atoms with van der Waals surface area (Å²) in [5.74, 6) is -0.288. The smallest absolute Gasteiger partial charge is 0.231 e. The fraction of sp³-hybridized carbons (Fsp3) is 0.424. The second-order valence-electron chi connectivity index (χ2n) is 10.6. The maximum Gasteiger partial charge on any atom is 0.231 e. The first-order valence-corrected chi connectivity index (χ1v) is 14.5. The molecule has 1 fully saturated rings. The third-order valence-electron chi connectivity index (χ3n) is 7.53. The van der Waals surface area contributed by atoms with Gasteiger partial charge in [0, 0.05) is 73.9 Å². The molecule has 2 aromatic heterocycles. The van der Waals surface area contributed by atoms with Gasteiger partial charge in [0.25, 0.3) is 0 Å². The highest BCUT2D eigenvalue weighted by Gasteiger charge is 2.26. The second-order valence-corrected chi connectivity index (χ2v) is 10.6. The molecule has 3 aromatic rings. The van der Waals surface area contributed by atoms with Gasteiger partial charge in [-0.05, 0) is 63.7 Å². The molecule has 0 aliphatic carbocycles. The standard InChI is InChI=1S/C31H40N6O2.C2H6/c1-21(10-11-29(32)22(2)31(39)37-16-14-36(15-17-37)13-12-35(4)5)24-18-27-28(20-34-30(27)33-19-24)26-9-7-6-8-25(26)23(3)38;1-2/h6-11,18-20,22H,12-17,32H2,1-5H3,(H,33,34);1-2H3/b21-10+,29-11+;. The Kier molecular flexibility index (Phi) is 11.4. The molecule has 0 spiro atoms. The average Bonchev–Trinajstić information content (AvgIpc) is 3.42. The molecule has 0 radical (unpaired) electrons. The van der Waals surface area contributed by atoms with Crippen molar-refractivity contribution in [3.63, 3.8) is 0 Å². The van der Waals surface area contributed by atoms with Crippen LogP contribution in [0.1, 0.15) is 50.5 Å². The number of aromatic nitrogens is 2. The average molecular weight is 559 g/mol. The number of likely N-dealkylation sites (N-methyl/N-ethyl adjacent to an activating group) is 1. The zero-order chi connectivity index (χ0) is 30.1. The lowest BCUT2D eigenvalue weighted by Crippen LogP contribution is -2.51. The summed E-state index contributed by atoms with van der Waals surface area (Å²) in [6, 6.07) is 9.69. The number of nitrogens with one attached hydrogen (secondary N) is 1. The summed E-state index contributed by atoms with van der Waals surface area (Å²) in [5.41, 5.74) is 12.1. The predicted octanol–water partition coefficient (Wildman–Crippen LogP) is 5.05. The molecule has 3 N–H and O–H groups in total. The lowest BCUT2D eigenvalue weighted by atomic mass is 9.96. The summed E-state index contributed by atoms with van der Waals surface area (Å²) in [6.07, 6.45) is 7.49. The Morgan fingerprint density at radius 3 is 2.41 bits per heavy atom. The van der Waals surface area contributed by atoms with Crippen LogP contribution < -0.4 is 5.73 Å². The van der Waals surface area contributed by atoms with Crippen LogP contribution in [-0.4, -0.2) is 89.7 Å². The van der Waals surface area contributed by atoms with Crippen LogP contribution >= 0.6 is 0 Å². The summed E-state index contributed by atoms with van der Waals surface area (Å²) >= 11 is 0. The molecule has 1 unspecified atom stereocenters. The highest BCUT2D eigenvalue weighted by atomic mass is 16.2. The Morgan fingerprint density at radius 2 is 1.76 bits per heavy atom. The van der Waals surface area contributed by atoms with Crippen molar-refractivity contribution in [2.24, 2.45) is 11.7 Å². The Labute approximate surface area is 244 Å². The second kappa shape index (κ2) is 14.8. The third-order valence-corrected chi connectivity index (χ3v) is 7.53. The molecule has 1 aliphatic rings. The van der Waals surface area contributed by atoms with E-state index in [1.165, 1.54) is 0 Å². The minimum atomic E-state index is -0.387. The number of ketones is 1. The molecule has 1 aromatic carbocycles. The molecule has 0 bridgehead atoms. The van der Waals surface area contributed by atoms with Gasteiger partial charge in [0.05, 0.1) is 5.92 Å². The zero-order valence-corrected chi connectivity index (χ0v) is 25.7. The van der Waals surface area contributed by atoms with E-state index in [1.807, 2.05) is 81.4 Å². The number of benzene rings is 1. The van der Waals surface area contributed by atoms with Gasteiger partial charge in [-0.3, -0.25) is 14.5 Å². The molecule has 3 heterocycles. The molecular formula is C33H46N6O2. The van der Waals surface area contributed by atoms with Crippen molar-refractivity contribution in [2.45, 2.75) is 34.6 Å². The van der Waals surface area contributed by atoms with Crippen molar-refractivity contribution in [3.05, 3.63) is 71.7 Å². The number of hydrogen-bond acceptors (Lipinski definition) is 6. The zero-order valence-electron chi connectivity index (χ0n) is 25.7. The summed E-state index contributed by atoms with van der Waals surface area (Å²) in [7, 11) is 4.16. The molecule has 8 heteroatoms. The van der Waals surface area contributed by atoms with Crippen LogP contribution in [0.2, 0.25) is 0 Å². The Morgan fingerprint density at radius 1 is 1.07 bits per heavy atom. The number of H-pyrrole nitrogens is 1. The van der Waals surface area contributed by atoms with Gasteiger partial charge in [0.15, 0.2) is 5.78 Å². The van der Waals surface area contributed by atoms with Crippen molar-refractivity contribution in [1.29, 1.82) is 0 Å². The van der Waals surface area contributed by atoms with Gasteiger partial charge < -0.3 is 20.5 Å². The molecule has 8 nitrogen and oxygen atoms in total. The first-order chi connectivity index (χ1) is 19.7. The molecule has 4 rings (SSSR count). The molecule has 0 saturated carbocycles. The fourth-order valence-electron chi connectivity index (χ4n) is 4.88. The maximum atomic E-state index is 13.1. The summed E-state index contributed by atoms with van der Waals surface area (Å²) in [6.45, 7) is 14.7. The van der Waals surface area contributed by atoms with Crippen LogP contribution in [0, 0.1) is 5.92 Å². The van der Waals surface area contributed by atoms with Crippen molar-refractivity contribution < 1.29 is 9.59 Å². The quantitative estimate of drug-likeness (QED) is 0.282. The molecule has 1 saturated heterocycles. The van der Waals surface area contributed by atoms with Gasteiger partial charge in [0.2, 0.25) is 5.91 Å². The monoisotopic (exact) mass is 558 g/mol. The Bertz CT molecular complexity index is 1400. The van der Waals surface area contributed by atoms with Crippen LogP contribution in [0.25, 0.3) is 27.7 Å². The molecule has 41 heavy (non-hydrogen) atoms. The summed E-state index contributed by atoms with van der Waals surface area (Å²) < 4.78 is 0. The Hall–Kier alpha value is -3.75. The Balaban J connectivity index is 0.00000226. The first-order valence-electron chi connectivity index (χ1n) is 14.5. The van der Waals surface area contributed by atoms with Gasteiger partial charge in [-0.1, -0.05) is 44.2 Å². The van der Waals surface area contributed by atoms with Crippen molar-refractivity contribution in [3.8, 4) is 11.1 Å². The highest BCUT2D eigenvalue weighted by Crippen LogP contribution is 2.32. The van der Waals surface area contributed by atoms with Crippen molar-refractivity contribution >= 4 is 28.3 Å². The van der Waals surface area contributed by atoms with Crippen LogP contribution in [0.4, 0.5) is 0 Å². The lowest BCUT2D eigenvalue weighted by Gasteiger charge is -2.36. The number of allylic oxidation sites excluding steroid dienone is 3. The molecular weight excluding hydrogens is 512 g/mol. The predicted molar refractivity (Wildman–Crippen MR) is 170 cm³/mol. The van der Waals surface area contributed by atoms with Gasteiger partial charge in [-0.25, -0.2) is 4.98 Å². The van der Waals surface area contributed by atoms with E-state index in [9.17, 15) is 9.59 Å². The van der Waals surface area contributed by atoms with E-state index in [2.05, 4.69) is 39.9 Å². The van der Waals surface area contributed by atoms with Gasteiger partial charge in [-0.15, -0.1) is 0 Å². The van der Waals surface area contributed by atoms with Crippen molar-refractivity contribution in [2.75, 3.05) is 53.4 Å². The van der Waals surface area contributed by atoms with Gasteiger partial charge in [0.1, 0.15) is 5.65 Å². The van der Waals surface area contributed by atoms with E-state index in [0.717, 1.165) is 72.6 Å². The lowest BCUT2D eigenvalue weighted by molar-refractivity contribution is -0.135. The normalized spacial score (nSPS) is 15.6. The number of hydrogen-bond donors (Lipinski definition) is 2. The number of nitrogens with zero attached hydrogens (tertiary/aromatic N) is 4. The first kappa shape index (κ1) is 31.8. The topological polar surface area (TPSA) is 98.6 Å². The van der Waals surface area contributed by atoms with Crippen LogP contribution in [-0.2, 0) is 4.79 Å². The van der Waals surface area contributed by atoms with E-state index < -0.39 is 0 Å². The maximum absolute atomic E-state index is 13.1. The minimum Gasteiger partial charge on any atom is -0.401 e.